The molecule has 0 saturated carbocycles. The molecule has 1 aromatic carbocycles. The van der Waals surface area contributed by atoms with Crippen LogP contribution in [0.15, 0.2) is 53.7 Å². The van der Waals surface area contributed by atoms with Crippen LogP contribution >= 0.6 is 11.8 Å². The van der Waals surface area contributed by atoms with Crippen LogP contribution in [0.1, 0.15) is 40.1 Å². The Kier molecular flexibility index (Phi) is 7.71. The van der Waals surface area contributed by atoms with Crippen molar-refractivity contribution in [2.24, 2.45) is 5.73 Å². The maximum absolute atomic E-state index is 12.4. The first-order chi connectivity index (χ1) is 17.0. The molecule has 1 saturated heterocycles. The third-order valence-electron chi connectivity index (χ3n) is 6.14. The van der Waals surface area contributed by atoms with Crippen LogP contribution in [0.5, 0.6) is 0 Å². The third-order valence-corrected chi connectivity index (χ3v) is 7.40. The number of aromatic amines is 1. The molecule has 3 heterocycles. The highest BCUT2D eigenvalue weighted by Gasteiger charge is 2.28. The lowest BCUT2D eigenvalue weighted by atomic mass is 10.0. The summed E-state index contributed by atoms with van der Waals surface area (Å²) in [5.74, 6) is 0.0652. The van der Waals surface area contributed by atoms with E-state index in [0.29, 0.717) is 47.0 Å². The van der Waals surface area contributed by atoms with Crippen molar-refractivity contribution in [3.05, 3.63) is 76.6 Å². The second-order valence-corrected chi connectivity index (χ2v) is 9.41. The summed E-state index contributed by atoms with van der Waals surface area (Å²) in [5.41, 5.74) is 9.09. The van der Waals surface area contributed by atoms with Crippen molar-refractivity contribution < 1.29 is 4.79 Å². The van der Waals surface area contributed by atoms with Crippen LogP contribution < -0.4 is 10.6 Å². The second kappa shape index (κ2) is 11.1. The fraction of sp³-hybridized carbons (Fsp3) is 0.308. The first-order valence-electron chi connectivity index (χ1n) is 11.5. The first-order valence-corrected chi connectivity index (χ1v) is 12.4. The van der Waals surface area contributed by atoms with E-state index >= 15 is 0 Å². The highest BCUT2D eigenvalue weighted by atomic mass is 32.2. The van der Waals surface area contributed by atoms with Crippen LogP contribution in [0.25, 0.3) is 0 Å². The van der Waals surface area contributed by atoms with Crippen LogP contribution in [0.3, 0.4) is 0 Å². The monoisotopic (exact) mass is 485 g/mol. The van der Waals surface area contributed by atoms with Gasteiger partial charge in [-0.25, -0.2) is 4.98 Å². The number of nitrogens with one attached hydrogen (secondary N) is 1. The van der Waals surface area contributed by atoms with Gasteiger partial charge >= 0.3 is 0 Å². The molecule has 1 amide bonds. The van der Waals surface area contributed by atoms with Crippen molar-refractivity contribution in [2.75, 3.05) is 31.1 Å². The van der Waals surface area contributed by atoms with Gasteiger partial charge < -0.3 is 15.6 Å². The molecule has 1 aliphatic rings. The van der Waals surface area contributed by atoms with E-state index in [9.17, 15) is 15.3 Å². The number of pyridine rings is 1. The lowest BCUT2D eigenvalue weighted by Gasteiger charge is -2.36. The topological polar surface area (TPSA) is 126 Å². The van der Waals surface area contributed by atoms with Gasteiger partial charge in [0.25, 0.3) is 0 Å². The van der Waals surface area contributed by atoms with E-state index in [1.165, 1.54) is 11.8 Å². The van der Waals surface area contributed by atoms with Crippen molar-refractivity contribution in [2.45, 2.75) is 30.2 Å². The number of hydrogen-bond acceptors (Lipinski definition) is 7. The van der Waals surface area contributed by atoms with Crippen LogP contribution in [0.2, 0.25) is 0 Å². The van der Waals surface area contributed by atoms with E-state index in [0.717, 1.165) is 30.9 Å². The number of anilines is 1. The average molecular weight is 486 g/mol. The van der Waals surface area contributed by atoms with Gasteiger partial charge in [-0.1, -0.05) is 49.0 Å². The SMILES string of the molecule is CCc1c(C#N)c(SC(C(N)=O)c2ccccc2)nc(N2CCN(Cc3ccc[nH]3)CC2)c1C#N. The molecule has 3 aromatic rings. The maximum Gasteiger partial charge on any atom is 0.235 e. The Morgan fingerprint density at radius 3 is 2.40 bits per heavy atom. The lowest BCUT2D eigenvalue weighted by Crippen LogP contribution is -2.46. The number of piperazine rings is 1. The minimum Gasteiger partial charge on any atom is -0.368 e. The second-order valence-electron chi connectivity index (χ2n) is 8.32. The van der Waals surface area contributed by atoms with E-state index in [1.807, 2.05) is 49.5 Å². The molecule has 1 aliphatic heterocycles. The molecule has 4 rings (SSSR count). The lowest BCUT2D eigenvalue weighted by molar-refractivity contribution is -0.117. The minimum atomic E-state index is -0.695. The Bertz CT molecular complexity index is 1250. The maximum atomic E-state index is 12.4. The van der Waals surface area contributed by atoms with Crippen LogP contribution in [-0.2, 0) is 17.8 Å². The normalized spacial score (nSPS) is 14.8. The molecule has 0 bridgehead atoms. The van der Waals surface area contributed by atoms with Gasteiger partial charge in [0.15, 0.2) is 0 Å². The van der Waals surface area contributed by atoms with E-state index < -0.39 is 11.2 Å². The van der Waals surface area contributed by atoms with Gasteiger partial charge in [-0.2, -0.15) is 10.5 Å². The molecule has 8 nitrogen and oxygen atoms in total. The number of carbonyl (C=O) groups excluding carboxylic acids is 1. The largest absolute Gasteiger partial charge is 0.368 e. The molecule has 0 spiro atoms. The van der Waals surface area contributed by atoms with Crippen molar-refractivity contribution in [3.63, 3.8) is 0 Å². The number of nitriles is 2. The molecule has 0 aliphatic carbocycles. The number of nitrogens with two attached hydrogens (primary N) is 1. The standard InChI is InChI=1S/C26H27N7OS/c1-2-20-21(15-27)25(33-13-11-32(12-14-33)17-19-9-6-10-30-19)31-26(22(20)16-28)35-23(24(29)34)18-7-4-3-5-8-18/h3-10,23,30H,2,11-14,17H2,1H3,(H2,29,34). The summed E-state index contributed by atoms with van der Waals surface area (Å²) in [6, 6.07) is 17.8. The fourth-order valence-electron chi connectivity index (χ4n) is 4.35. The first kappa shape index (κ1) is 24.3. The quantitative estimate of drug-likeness (QED) is 0.469. The van der Waals surface area contributed by atoms with Gasteiger partial charge in [0.1, 0.15) is 28.2 Å². The molecule has 178 valence electrons. The molecule has 0 radical (unpaired) electrons. The Morgan fingerprint density at radius 2 is 1.83 bits per heavy atom. The van der Waals surface area contributed by atoms with E-state index in [-0.39, 0.29) is 0 Å². The fourth-order valence-corrected chi connectivity index (χ4v) is 5.41. The van der Waals surface area contributed by atoms with Crippen LogP contribution in [-0.4, -0.2) is 47.0 Å². The summed E-state index contributed by atoms with van der Waals surface area (Å²) in [6.07, 6.45) is 2.43. The van der Waals surface area contributed by atoms with Gasteiger partial charge in [0.2, 0.25) is 5.91 Å². The molecule has 3 N–H and O–H groups in total. The number of aromatic nitrogens is 2. The van der Waals surface area contributed by atoms with E-state index in [4.69, 9.17) is 10.7 Å². The summed E-state index contributed by atoms with van der Waals surface area (Å²) in [5, 5.41) is 19.7. The summed E-state index contributed by atoms with van der Waals surface area (Å²) in [4.78, 5) is 24.9. The highest BCUT2D eigenvalue weighted by molar-refractivity contribution is 8.00. The zero-order valence-corrected chi connectivity index (χ0v) is 20.4. The van der Waals surface area contributed by atoms with Gasteiger partial charge in [-0.05, 0) is 29.7 Å². The minimum absolute atomic E-state index is 0.338. The van der Waals surface area contributed by atoms with Gasteiger partial charge in [0.05, 0.1) is 11.1 Å². The Morgan fingerprint density at radius 1 is 1.11 bits per heavy atom. The molecule has 1 fully saturated rings. The number of thioether (sulfide) groups is 1. The number of nitrogens with zero attached hydrogens (tertiary/aromatic N) is 5. The Labute approximate surface area is 209 Å². The van der Waals surface area contributed by atoms with E-state index in [1.54, 1.807) is 0 Å². The van der Waals surface area contributed by atoms with Crippen molar-refractivity contribution >= 4 is 23.5 Å². The van der Waals surface area contributed by atoms with Crippen LogP contribution in [0.4, 0.5) is 5.82 Å². The van der Waals surface area contributed by atoms with Crippen molar-refractivity contribution in [1.82, 2.24) is 14.9 Å². The number of rotatable bonds is 8. The van der Waals surface area contributed by atoms with Crippen molar-refractivity contribution in [3.8, 4) is 12.1 Å². The van der Waals surface area contributed by atoms with Gasteiger partial charge in [-0.3, -0.25) is 9.69 Å². The summed E-state index contributed by atoms with van der Waals surface area (Å²) >= 11 is 1.17. The molecule has 1 unspecified atom stereocenters. The summed E-state index contributed by atoms with van der Waals surface area (Å²) in [6.45, 7) is 5.82. The third kappa shape index (κ3) is 5.32. The van der Waals surface area contributed by atoms with Crippen LogP contribution in [0, 0.1) is 22.7 Å². The number of primary amides is 1. The molecule has 35 heavy (non-hydrogen) atoms. The number of hydrogen-bond donors (Lipinski definition) is 2. The predicted octanol–water partition coefficient (Wildman–Crippen LogP) is 3.36. The molecular weight excluding hydrogens is 458 g/mol. The highest BCUT2D eigenvalue weighted by Crippen LogP contribution is 2.39. The molecular formula is C26H27N7OS. The number of amides is 1. The Hall–Kier alpha value is -3.79. The van der Waals surface area contributed by atoms with Gasteiger partial charge in [-0.15, -0.1) is 0 Å². The summed E-state index contributed by atoms with van der Waals surface area (Å²) in [7, 11) is 0. The molecule has 9 heteroatoms. The number of carbonyl (C=O) groups is 1. The van der Waals surface area contributed by atoms with Crippen molar-refractivity contribution in [1.29, 1.82) is 10.5 Å². The zero-order valence-electron chi connectivity index (χ0n) is 19.6. The zero-order chi connectivity index (χ0) is 24.8. The average Bonchev–Trinajstić information content (AvgIpc) is 3.40. The molecule has 2 aromatic heterocycles. The van der Waals surface area contributed by atoms with E-state index in [2.05, 4.69) is 33.0 Å². The number of benzene rings is 1. The summed E-state index contributed by atoms with van der Waals surface area (Å²) < 4.78 is 0. The van der Waals surface area contributed by atoms with Gasteiger partial charge in [0, 0.05) is 44.6 Å². The molecule has 1 atom stereocenters. The number of H-pyrrole nitrogens is 1. The Balaban J connectivity index is 1.66. The predicted molar refractivity (Wildman–Crippen MR) is 136 cm³/mol. The smallest absolute Gasteiger partial charge is 0.235 e.